The van der Waals surface area contributed by atoms with Crippen molar-refractivity contribution in [2.24, 2.45) is 5.92 Å². The fourth-order valence-electron chi connectivity index (χ4n) is 1.74. The van der Waals surface area contributed by atoms with Crippen LogP contribution in [0.2, 0.25) is 0 Å². The summed E-state index contributed by atoms with van der Waals surface area (Å²) in [6, 6.07) is 0. The van der Waals surface area contributed by atoms with Gasteiger partial charge in [-0.1, -0.05) is 0 Å². The third-order valence-electron chi connectivity index (χ3n) is 2.95. The van der Waals surface area contributed by atoms with E-state index in [0.717, 1.165) is 12.8 Å². The van der Waals surface area contributed by atoms with Crippen molar-refractivity contribution in [3.63, 3.8) is 0 Å². The van der Waals surface area contributed by atoms with Gasteiger partial charge in [0.05, 0.1) is 0 Å². The van der Waals surface area contributed by atoms with Crippen molar-refractivity contribution in [2.75, 3.05) is 4.93 Å². The molecule has 4 heteroatoms. The van der Waals surface area contributed by atoms with Gasteiger partial charge in [-0.25, -0.2) is 0 Å². The summed E-state index contributed by atoms with van der Waals surface area (Å²) in [6.07, 6.45) is -1.68. The first-order valence-electron chi connectivity index (χ1n) is 4.45. The molecule has 0 aromatic rings. The molecule has 1 saturated carbocycles. The van der Waals surface area contributed by atoms with E-state index in [2.05, 4.69) is 11.9 Å². The maximum atomic E-state index is 12.3. The Bertz CT molecular complexity index is 168. The van der Waals surface area contributed by atoms with E-state index in [1.165, 1.54) is 0 Å². The average Bonchev–Trinajstić information content (AvgIpc) is 2.04. The van der Waals surface area contributed by atoms with Gasteiger partial charge in [-0.2, -0.15) is 0 Å². The molecule has 0 amide bonds. The molecule has 0 bridgehead atoms. The molecule has 0 heterocycles. The average molecular weight is 307 g/mol. The molecule has 0 saturated heterocycles. The molecule has 0 spiro atoms. The van der Waals surface area contributed by atoms with Gasteiger partial charge in [0.25, 0.3) is 0 Å². The van der Waals surface area contributed by atoms with E-state index in [4.69, 9.17) is 0 Å². The van der Waals surface area contributed by atoms with Crippen molar-refractivity contribution < 1.29 is 34.4 Å². The van der Waals surface area contributed by atoms with Crippen LogP contribution in [0.5, 0.6) is 0 Å². The van der Waals surface area contributed by atoms with Crippen LogP contribution in [0.3, 0.4) is 0 Å². The van der Waals surface area contributed by atoms with Crippen molar-refractivity contribution in [2.45, 2.75) is 42.2 Å². The molecule has 0 nitrogen and oxygen atoms in total. The molecule has 1 aliphatic carbocycles. The monoisotopic (exact) mass is 307 g/mol. The molecule has 0 aliphatic heterocycles. The van der Waals surface area contributed by atoms with Crippen molar-refractivity contribution in [3.05, 3.63) is 0 Å². The molecule has 0 radical (unpaired) electrons. The maximum absolute atomic E-state index is 12.3. The Kier molecular flexibility index (Phi) is 3.52. The van der Waals surface area contributed by atoms with Crippen molar-refractivity contribution in [1.29, 1.82) is 0 Å². The fraction of sp³-hybridized carbons (Fsp3) is 1.00. The molecule has 0 unspecified atom stereocenters. The van der Waals surface area contributed by atoms with Crippen molar-refractivity contribution in [1.82, 2.24) is 0 Å². The van der Waals surface area contributed by atoms with Gasteiger partial charge in [-0.05, 0) is 0 Å². The second-order valence-electron chi connectivity index (χ2n) is 3.92. The molecule has 0 N–H and O–H groups in total. The van der Waals surface area contributed by atoms with Gasteiger partial charge in [0.15, 0.2) is 0 Å². The fourth-order valence-corrected chi connectivity index (χ4v) is 3.44. The number of alkyl halides is 5. The SMILES string of the molecule is C[I-]C1(C)CCC(C(F)(F)F)CC1. The Balaban J connectivity index is 2.48. The number of hydrogen-bond acceptors (Lipinski definition) is 0. The van der Waals surface area contributed by atoms with E-state index in [0.29, 0.717) is 12.8 Å². The number of halogens is 4. The first kappa shape index (κ1) is 11.6. The zero-order chi connectivity index (χ0) is 10.1. The van der Waals surface area contributed by atoms with Gasteiger partial charge in [0, 0.05) is 0 Å². The summed E-state index contributed by atoms with van der Waals surface area (Å²) < 4.78 is 37.2. The first-order valence-corrected chi connectivity index (χ1v) is 7.68. The normalized spacial score (nSPS) is 36.5. The molecule has 0 aromatic carbocycles. The van der Waals surface area contributed by atoms with Crippen LogP contribution in [0, 0.1) is 5.92 Å². The minimum absolute atomic E-state index is 0.0792. The van der Waals surface area contributed by atoms with Crippen LogP contribution in [-0.2, 0) is 0 Å². The third kappa shape index (κ3) is 2.99. The van der Waals surface area contributed by atoms with Gasteiger partial charge in [0.2, 0.25) is 0 Å². The molecule has 1 rings (SSSR count). The zero-order valence-corrected chi connectivity index (χ0v) is 10.1. The predicted molar refractivity (Wildman–Crippen MR) is 42.3 cm³/mol. The Labute approximate surface area is 87.5 Å². The van der Waals surface area contributed by atoms with E-state index in [-0.39, 0.29) is 24.6 Å². The van der Waals surface area contributed by atoms with E-state index < -0.39 is 12.1 Å². The van der Waals surface area contributed by atoms with E-state index in [9.17, 15) is 13.2 Å². The molecule has 0 atom stereocenters. The van der Waals surface area contributed by atoms with Crippen molar-refractivity contribution in [3.8, 4) is 0 Å². The molecule has 13 heavy (non-hydrogen) atoms. The summed E-state index contributed by atoms with van der Waals surface area (Å²) in [7, 11) is 0. The van der Waals surface area contributed by atoms with Crippen LogP contribution in [-0.4, -0.2) is 14.5 Å². The molecular weight excluding hydrogens is 292 g/mol. The summed E-state index contributed by atoms with van der Waals surface area (Å²) >= 11 is 0.0792. The molecule has 1 fully saturated rings. The van der Waals surface area contributed by atoms with Gasteiger partial charge in [0.1, 0.15) is 0 Å². The molecular formula is C9H15F3I-. The Morgan fingerprint density at radius 1 is 1.23 bits per heavy atom. The molecule has 1 aliphatic rings. The van der Waals surface area contributed by atoms with Gasteiger partial charge >= 0.3 is 87.4 Å². The minimum atomic E-state index is -3.95. The van der Waals surface area contributed by atoms with E-state index >= 15 is 0 Å². The summed E-state index contributed by atoms with van der Waals surface area (Å²) in [6.45, 7) is 2.15. The zero-order valence-electron chi connectivity index (χ0n) is 7.92. The predicted octanol–water partition coefficient (Wildman–Crippen LogP) is 0.216. The summed E-state index contributed by atoms with van der Waals surface area (Å²) in [5, 5.41) is 0. The quantitative estimate of drug-likeness (QED) is 0.480. The number of hydrogen-bond donors (Lipinski definition) is 0. The van der Waals surface area contributed by atoms with Crippen LogP contribution in [0.4, 0.5) is 13.2 Å². The number of rotatable bonds is 1. The van der Waals surface area contributed by atoms with Crippen LogP contribution >= 0.6 is 0 Å². The third-order valence-corrected chi connectivity index (χ3v) is 6.63. The van der Waals surface area contributed by atoms with Crippen LogP contribution in [0.1, 0.15) is 32.6 Å². The molecule has 0 aromatic heterocycles. The van der Waals surface area contributed by atoms with E-state index in [1.807, 2.05) is 0 Å². The molecule has 80 valence electrons. The van der Waals surface area contributed by atoms with Crippen molar-refractivity contribution >= 4 is 0 Å². The van der Waals surface area contributed by atoms with Crippen LogP contribution in [0.25, 0.3) is 0 Å². The second kappa shape index (κ2) is 3.95. The van der Waals surface area contributed by atoms with Crippen LogP contribution in [0.15, 0.2) is 0 Å². The Morgan fingerprint density at radius 3 is 2.00 bits per heavy atom. The second-order valence-corrected chi connectivity index (χ2v) is 7.60. The topological polar surface area (TPSA) is 0 Å². The summed E-state index contributed by atoms with van der Waals surface area (Å²) in [4.78, 5) is 2.17. The van der Waals surface area contributed by atoms with Gasteiger partial charge in [-0.15, -0.1) is 0 Å². The Hall–Kier alpha value is 0.520. The van der Waals surface area contributed by atoms with Crippen LogP contribution < -0.4 is 21.2 Å². The van der Waals surface area contributed by atoms with E-state index in [1.54, 1.807) is 0 Å². The first-order chi connectivity index (χ1) is 5.87. The van der Waals surface area contributed by atoms with Gasteiger partial charge in [-0.3, -0.25) is 0 Å². The Morgan fingerprint density at radius 2 is 1.69 bits per heavy atom. The van der Waals surface area contributed by atoms with Gasteiger partial charge < -0.3 is 0 Å². The summed E-state index contributed by atoms with van der Waals surface area (Å²) in [5.74, 6) is -1.02. The standard InChI is InChI=1S/C9H15F3I/c1-8(13-2)5-3-7(4-6-8)9(10,11)12/h7H,3-6H2,1-2H3/q-1. The summed E-state index contributed by atoms with van der Waals surface area (Å²) in [5.41, 5.74) is 0.